The van der Waals surface area contributed by atoms with Crippen LogP contribution in [0, 0.1) is 16.7 Å². The Balaban J connectivity index is 1.05. The van der Waals surface area contributed by atoms with Gasteiger partial charge in [0.15, 0.2) is 0 Å². The largest absolute Gasteiger partial charge is 0.381 e. The summed E-state index contributed by atoms with van der Waals surface area (Å²) in [4.78, 5) is 26.7. The number of hydrogen-bond donors (Lipinski definition) is 1. The normalized spacial score (nSPS) is 20.2. The van der Waals surface area contributed by atoms with E-state index in [-0.39, 0.29) is 5.56 Å². The zero-order chi connectivity index (χ0) is 28.2. The fourth-order valence-electron chi connectivity index (χ4n) is 7.44. The monoisotopic (exact) mass is 553 g/mol. The minimum atomic E-state index is 0.0177. The molecule has 4 aromatic rings. The summed E-state index contributed by atoms with van der Waals surface area (Å²) >= 11 is 0. The van der Waals surface area contributed by atoms with E-state index in [0.717, 1.165) is 86.9 Å². The van der Waals surface area contributed by atoms with Gasteiger partial charge in [-0.25, -0.2) is 0 Å². The van der Waals surface area contributed by atoms with Crippen LogP contribution in [-0.2, 0) is 17.8 Å². The van der Waals surface area contributed by atoms with E-state index in [4.69, 9.17) is 4.74 Å². The van der Waals surface area contributed by atoms with Crippen molar-refractivity contribution >= 4 is 27.4 Å². The standard InChI is InChI=1S/C34H43N5O2/c1-33(2,3)26-6-11-37(12-7-26)21-27-17-25-5-4-24(16-30(25)36-27)20-38-13-8-28-29(32(38)40)18-35-19-31(28)39-22-34(23-39)9-14-41-15-10-34/h4-5,8,13,16-19,26,36H,6-7,9-12,14-15,20-23H2,1-3H3. The van der Waals surface area contributed by atoms with Crippen LogP contribution in [0.4, 0.5) is 5.69 Å². The van der Waals surface area contributed by atoms with Crippen LogP contribution in [0.2, 0.25) is 0 Å². The molecule has 216 valence electrons. The minimum absolute atomic E-state index is 0.0177. The summed E-state index contributed by atoms with van der Waals surface area (Å²) in [7, 11) is 0. The molecule has 7 nitrogen and oxygen atoms in total. The molecule has 6 heterocycles. The number of ether oxygens (including phenoxy) is 1. The van der Waals surface area contributed by atoms with Gasteiger partial charge in [0, 0.05) is 67.3 Å². The molecule has 1 N–H and O–H groups in total. The lowest BCUT2D eigenvalue weighted by Gasteiger charge is -2.53. The first-order valence-electron chi connectivity index (χ1n) is 15.4. The summed E-state index contributed by atoms with van der Waals surface area (Å²) in [6.07, 6.45) is 10.4. The number of anilines is 1. The van der Waals surface area contributed by atoms with E-state index in [1.807, 2.05) is 17.0 Å². The first kappa shape index (κ1) is 26.7. The molecule has 3 fully saturated rings. The van der Waals surface area contributed by atoms with Crippen molar-refractivity contribution in [2.45, 2.75) is 59.5 Å². The Hall–Kier alpha value is -3.16. The van der Waals surface area contributed by atoms with Gasteiger partial charge in [0.2, 0.25) is 0 Å². The molecule has 0 bridgehead atoms. The van der Waals surface area contributed by atoms with Crippen LogP contribution >= 0.6 is 0 Å². The highest BCUT2D eigenvalue weighted by atomic mass is 16.5. The molecule has 0 saturated carbocycles. The van der Waals surface area contributed by atoms with E-state index >= 15 is 0 Å². The number of aromatic amines is 1. The van der Waals surface area contributed by atoms with Gasteiger partial charge in [-0.1, -0.05) is 32.9 Å². The maximum absolute atomic E-state index is 13.6. The van der Waals surface area contributed by atoms with Crippen molar-refractivity contribution in [1.29, 1.82) is 0 Å². The third-order valence-corrected chi connectivity index (χ3v) is 10.1. The molecular formula is C34H43N5O2. The summed E-state index contributed by atoms with van der Waals surface area (Å²) in [5.41, 5.74) is 5.39. The number of H-pyrrole nitrogens is 1. The molecule has 0 aliphatic carbocycles. The molecule has 0 atom stereocenters. The van der Waals surface area contributed by atoms with Crippen molar-refractivity contribution in [2.75, 3.05) is 44.3 Å². The number of fused-ring (bicyclic) bond motifs is 2. The topological polar surface area (TPSA) is 66.4 Å². The van der Waals surface area contributed by atoms with Crippen molar-refractivity contribution < 1.29 is 4.74 Å². The van der Waals surface area contributed by atoms with Crippen LogP contribution in [-0.4, -0.2) is 58.8 Å². The predicted octanol–water partition coefficient (Wildman–Crippen LogP) is 5.80. The van der Waals surface area contributed by atoms with Crippen LogP contribution in [0.15, 0.2) is 53.7 Å². The Kier molecular flexibility index (Phi) is 6.70. The minimum Gasteiger partial charge on any atom is -0.381 e. The van der Waals surface area contributed by atoms with Gasteiger partial charge in [-0.2, -0.15) is 0 Å². The zero-order valence-electron chi connectivity index (χ0n) is 24.8. The van der Waals surface area contributed by atoms with Crippen molar-refractivity contribution in [1.82, 2.24) is 19.4 Å². The number of pyridine rings is 2. The van der Waals surface area contributed by atoms with Gasteiger partial charge >= 0.3 is 0 Å². The van der Waals surface area contributed by atoms with Crippen LogP contribution in [0.1, 0.15) is 57.7 Å². The number of likely N-dealkylation sites (tertiary alicyclic amines) is 1. The maximum atomic E-state index is 13.6. The quantitative estimate of drug-likeness (QED) is 0.338. The number of piperidine rings is 1. The van der Waals surface area contributed by atoms with E-state index < -0.39 is 0 Å². The van der Waals surface area contributed by atoms with Crippen molar-refractivity contribution in [3.63, 3.8) is 0 Å². The molecule has 1 aromatic carbocycles. The van der Waals surface area contributed by atoms with Gasteiger partial charge < -0.3 is 19.2 Å². The first-order chi connectivity index (χ1) is 19.8. The molecule has 3 saturated heterocycles. The smallest absolute Gasteiger partial charge is 0.260 e. The number of rotatable bonds is 5. The molecule has 3 aliphatic heterocycles. The summed E-state index contributed by atoms with van der Waals surface area (Å²) < 4.78 is 7.39. The highest BCUT2D eigenvalue weighted by Crippen LogP contribution is 2.43. The Bertz CT molecular complexity index is 1610. The zero-order valence-corrected chi connectivity index (χ0v) is 24.8. The molecule has 7 rings (SSSR count). The Morgan fingerprint density at radius 1 is 1.00 bits per heavy atom. The first-order valence-corrected chi connectivity index (χ1v) is 15.4. The number of hydrogen-bond acceptors (Lipinski definition) is 5. The summed E-state index contributed by atoms with van der Waals surface area (Å²) in [5, 5.41) is 2.92. The van der Waals surface area contributed by atoms with Gasteiger partial charge in [-0.3, -0.25) is 14.7 Å². The highest BCUT2D eigenvalue weighted by molar-refractivity contribution is 5.93. The fraction of sp³-hybridized carbons (Fsp3) is 0.529. The van der Waals surface area contributed by atoms with Crippen molar-refractivity contribution in [3.8, 4) is 0 Å². The molecule has 0 radical (unpaired) electrons. The average molecular weight is 554 g/mol. The van der Waals surface area contributed by atoms with E-state index in [0.29, 0.717) is 22.8 Å². The van der Waals surface area contributed by atoms with Gasteiger partial charge in [0.1, 0.15) is 0 Å². The van der Waals surface area contributed by atoms with Gasteiger partial charge in [0.25, 0.3) is 5.56 Å². The van der Waals surface area contributed by atoms with Crippen LogP contribution in [0.25, 0.3) is 21.7 Å². The summed E-state index contributed by atoms with van der Waals surface area (Å²) in [6.45, 7) is 14.7. The molecule has 7 heteroatoms. The van der Waals surface area contributed by atoms with Gasteiger partial charge in [-0.05, 0) is 79.3 Å². The van der Waals surface area contributed by atoms with E-state index in [1.54, 1.807) is 6.20 Å². The predicted molar refractivity (Wildman–Crippen MR) is 166 cm³/mol. The Morgan fingerprint density at radius 2 is 1.78 bits per heavy atom. The number of benzene rings is 1. The second kappa shape index (κ2) is 10.3. The number of aromatic nitrogens is 3. The van der Waals surface area contributed by atoms with Crippen LogP contribution < -0.4 is 10.5 Å². The lowest BCUT2D eigenvalue weighted by Crippen LogP contribution is -2.58. The molecule has 3 aliphatic rings. The second-order valence-electron chi connectivity index (χ2n) is 14.0. The molecular weight excluding hydrogens is 510 g/mol. The Morgan fingerprint density at radius 3 is 2.54 bits per heavy atom. The third-order valence-electron chi connectivity index (χ3n) is 10.1. The van der Waals surface area contributed by atoms with Gasteiger partial charge in [0.05, 0.1) is 23.8 Å². The van der Waals surface area contributed by atoms with E-state index in [2.05, 4.69) is 70.9 Å². The third kappa shape index (κ3) is 5.19. The van der Waals surface area contributed by atoms with Crippen molar-refractivity contribution in [2.24, 2.45) is 16.7 Å². The lowest BCUT2D eigenvalue weighted by molar-refractivity contribution is -0.000118. The molecule has 41 heavy (non-hydrogen) atoms. The maximum Gasteiger partial charge on any atom is 0.260 e. The summed E-state index contributed by atoms with van der Waals surface area (Å²) in [5.74, 6) is 0.810. The highest BCUT2D eigenvalue weighted by Gasteiger charge is 2.44. The molecule has 1 spiro atoms. The lowest BCUT2D eigenvalue weighted by atomic mass is 9.73. The molecule has 3 aromatic heterocycles. The SMILES string of the molecule is CC(C)(C)C1CCN(Cc2cc3ccc(Cn4ccc5c(N6CC7(CCOCC7)C6)cncc5c4=O)cc3[nH]2)CC1. The second-order valence-corrected chi connectivity index (χ2v) is 14.0. The number of nitrogens with zero attached hydrogens (tertiary/aromatic N) is 4. The average Bonchev–Trinajstić information content (AvgIpc) is 3.35. The summed E-state index contributed by atoms with van der Waals surface area (Å²) in [6, 6.07) is 10.9. The van der Waals surface area contributed by atoms with Gasteiger partial charge in [-0.15, -0.1) is 0 Å². The Labute approximate surface area is 242 Å². The number of nitrogens with one attached hydrogen (secondary N) is 1. The van der Waals surface area contributed by atoms with E-state index in [9.17, 15) is 4.79 Å². The van der Waals surface area contributed by atoms with Crippen molar-refractivity contribution in [3.05, 3.63) is 70.5 Å². The van der Waals surface area contributed by atoms with Crippen LogP contribution in [0.3, 0.4) is 0 Å². The molecule has 0 unspecified atom stereocenters. The van der Waals surface area contributed by atoms with E-state index in [1.165, 1.54) is 23.9 Å². The fourth-order valence-corrected chi connectivity index (χ4v) is 7.44. The van der Waals surface area contributed by atoms with Crippen LogP contribution in [0.5, 0.6) is 0 Å². The molecule has 0 amide bonds.